The summed E-state index contributed by atoms with van der Waals surface area (Å²) < 4.78 is 0. The van der Waals surface area contributed by atoms with Crippen LogP contribution in [0.1, 0.15) is 32.4 Å². The Kier molecular flexibility index (Phi) is 4.69. The van der Waals surface area contributed by atoms with Crippen molar-refractivity contribution < 1.29 is 0 Å². The quantitative estimate of drug-likeness (QED) is 0.451. The first-order valence-electron chi connectivity index (χ1n) is 4.68. The van der Waals surface area contributed by atoms with E-state index in [1.54, 1.807) is 18.1 Å². The fourth-order valence-electron chi connectivity index (χ4n) is 0.971. The third-order valence-electron chi connectivity index (χ3n) is 1.79. The van der Waals surface area contributed by atoms with Gasteiger partial charge in [0.2, 0.25) is 0 Å². The highest BCUT2D eigenvalue weighted by atomic mass is 35.5. The number of rotatable bonds is 4. The predicted molar refractivity (Wildman–Crippen MR) is 62.2 cm³/mol. The molecule has 0 aliphatic carbocycles. The fourth-order valence-corrected chi connectivity index (χ4v) is 1.93. The summed E-state index contributed by atoms with van der Waals surface area (Å²) in [6.45, 7) is 6.35. The molecule has 0 spiro atoms. The molecule has 0 bridgehead atoms. The van der Waals surface area contributed by atoms with E-state index < -0.39 is 0 Å². The van der Waals surface area contributed by atoms with Crippen LogP contribution >= 0.6 is 23.4 Å². The summed E-state index contributed by atoms with van der Waals surface area (Å²) in [4.78, 5) is 8.42. The van der Waals surface area contributed by atoms with Gasteiger partial charge in [0, 0.05) is 16.8 Å². The molecule has 0 aliphatic rings. The van der Waals surface area contributed by atoms with Gasteiger partial charge in [-0.3, -0.25) is 0 Å². The zero-order valence-corrected chi connectivity index (χ0v) is 10.3. The number of nitrogens with zero attached hydrogens (tertiary/aromatic N) is 2. The second kappa shape index (κ2) is 5.56. The second-order valence-electron chi connectivity index (χ2n) is 3.52. The van der Waals surface area contributed by atoms with Crippen molar-refractivity contribution in [2.45, 2.75) is 37.0 Å². The normalized spacial score (nSPS) is 13.2. The molecule has 1 unspecified atom stereocenters. The third kappa shape index (κ3) is 3.46. The van der Waals surface area contributed by atoms with Gasteiger partial charge in [-0.25, -0.2) is 9.97 Å². The Labute approximate surface area is 94.5 Å². The molecule has 4 heteroatoms. The lowest BCUT2D eigenvalue weighted by Gasteiger charge is -2.08. The number of hydrogen-bond donors (Lipinski definition) is 0. The zero-order valence-electron chi connectivity index (χ0n) is 8.70. The lowest BCUT2D eigenvalue weighted by molar-refractivity contribution is 0.799. The van der Waals surface area contributed by atoms with Crippen LogP contribution in [-0.2, 0) is 0 Å². The van der Waals surface area contributed by atoms with Gasteiger partial charge in [-0.2, -0.15) is 0 Å². The van der Waals surface area contributed by atoms with Gasteiger partial charge in [0.1, 0.15) is 6.33 Å². The van der Waals surface area contributed by atoms with E-state index in [0.717, 1.165) is 10.7 Å². The fraction of sp³-hybridized carbons (Fsp3) is 0.600. The lowest BCUT2D eigenvalue weighted by Crippen LogP contribution is -2.00. The molecule has 1 atom stereocenters. The molecule has 0 aromatic carbocycles. The number of halogens is 1. The van der Waals surface area contributed by atoms with E-state index in [1.807, 2.05) is 6.07 Å². The first-order chi connectivity index (χ1) is 6.63. The Hall–Kier alpha value is -0.280. The van der Waals surface area contributed by atoms with Crippen LogP contribution in [0.2, 0.25) is 0 Å². The maximum Gasteiger partial charge on any atom is 0.116 e. The highest BCUT2D eigenvalue weighted by molar-refractivity contribution is 7.99. The summed E-state index contributed by atoms with van der Waals surface area (Å²) >= 11 is 7.43. The van der Waals surface area contributed by atoms with Gasteiger partial charge in [0.25, 0.3) is 0 Å². The monoisotopic (exact) mass is 230 g/mol. The molecule has 14 heavy (non-hydrogen) atoms. The summed E-state index contributed by atoms with van der Waals surface area (Å²) in [5.74, 6) is 1.09. The maximum absolute atomic E-state index is 5.74. The van der Waals surface area contributed by atoms with Gasteiger partial charge in [0.05, 0.1) is 5.03 Å². The largest absolute Gasteiger partial charge is 0.241 e. The summed E-state index contributed by atoms with van der Waals surface area (Å²) in [7, 11) is 0. The molecule has 0 fully saturated rings. The van der Waals surface area contributed by atoms with Crippen molar-refractivity contribution in [2.24, 2.45) is 0 Å². The summed E-state index contributed by atoms with van der Waals surface area (Å²) in [6.07, 6.45) is 1.62. The van der Waals surface area contributed by atoms with Crippen molar-refractivity contribution in [2.75, 3.05) is 5.88 Å². The van der Waals surface area contributed by atoms with Crippen LogP contribution in [0.3, 0.4) is 0 Å². The Morgan fingerprint density at radius 3 is 2.64 bits per heavy atom. The van der Waals surface area contributed by atoms with Gasteiger partial charge in [-0.05, 0) is 12.0 Å². The second-order valence-corrected chi connectivity index (χ2v) is 5.29. The Balaban J connectivity index is 2.73. The average molecular weight is 231 g/mol. The molecule has 0 N–H and O–H groups in total. The van der Waals surface area contributed by atoms with Crippen molar-refractivity contribution in [1.29, 1.82) is 0 Å². The van der Waals surface area contributed by atoms with Crippen LogP contribution < -0.4 is 0 Å². The molecule has 0 aliphatic heterocycles. The van der Waals surface area contributed by atoms with Crippen LogP contribution in [0.25, 0.3) is 0 Å². The summed E-state index contributed by atoms with van der Waals surface area (Å²) in [5, 5.41) is 1.41. The van der Waals surface area contributed by atoms with E-state index in [1.165, 1.54) is 0 Å². The van der Waals surface area contributed by atoms with E-state index in [4.69, 9.17) is 11.6 Å². The number of hydrogen-bond acceptors (Lipinski definition) is 3. The molecular formula is C10H15ClN2S. The first kappa shape index (κ1) is 11.8. The van der Waals surface area contributed by atoms with Crippen molar-refractivity contribution in [3.05, 3.63) is 18.1 Å². The van der Waals surface area contributed by atoms with Gasteiger partial charge >= 0.3 is 0 Å². The average Bonchev–Trinajstić information content (AvgIpc) is 2.18. The molecule has 1 aromatic heterocycles. The third-order valence-corrected chi connectivity index (χ3v) is 3.47. The van der Waals surface area contributed by atoms with Gasteiger partial charge in [-0.15, -0.1) is 23.4 Å². The minimum atomic E-state index is 0.395. The Morgan fingerprint density at radius 1 is 1.36 bits per heavy atom. The summed E-state index contributed by atoms with van der Waals surface area (Å²) in [5.41, 5.74) is 1.09. The van der Waals surface area contributed by atoms with Crippen LogP contribution in [0.4, 0.5) is 0 Å². The standard InChI is InChI=1S/C10H15ClN2S/c1-7(2)9-4-10(13-6-12-9)14-8(3)5-11/h4,6-8H,5H2,1-3H3. The van der Waals surface area contributed by atoms with Crippen molar-refractivity contribution >= 4 is 23.4 Å². The highest BCUT2D eigenvalue weighted by Crippen LogP contribution is 2.23. The molecule has 78 valence electrons. The van der Waals surface area contributed by atoms with Gasteiger partial charge in [-0.1, -0.05) is 20.8 Å². The zero-order chi connectivity index (χ0) is 10.6. The van der Waals surface area contributed by atoms with Gasteiger partial charge in [0.15, 0.2) is 0 Å². The smallest absolute Gasteiger partial charge is 0.116 e. The lowest BCUT2D eigenvalue weighted by atomic mass is 10.1. The number of alkyl halides is 1. The topological polar surface area (TPSA) is 25.8 Å². The molecule has 1 aromatic rings. The van der Waals surface area contributed by atoms with Crippen molar-refractivity contribution in [3.63, 3.8) is 0 Å². The SMILES string of the molecule is CC(CCl)Sc1cc(C(C)C)ncn1. The molecule has 0 saturated heterocycles. The van der Waals surface area contributed by atoms with E-state index in [-0.39, 0.29) is 0 Å². The van der Waals surface area contributed by atoms with Crippen LogP contribution in [0.5, 0.6) is 0 Å². The number of aromatic nitrogens is 2. The molecule has 1 rings (SSSR count). The molecule has 1 heterocycles. The molecule has 2 nitrogen and oxygen atoms in total. The van der Waals surface area contributed by atoms with Crippen LogP contribution in [0, 0.1) is 0 Å². The molecule has 0 radical (unpaired) electrons. The number of thioether (sulfide) groups is 1. The minimum Gasteiger partial charge on any atom is -0.241 e. The van der Waals surface area contributed by atoms with Crippen molar-refractivity contribution in [1.82, 2.24) is 9.97 Å². The Bertz CT molecular complexity index is 291. The van der Waals surface area contributed by atoms with Crippen LogP contribution in [-0.4, -0.2) is 21.1 Å². The Morgan fingerprint density at radius 2 is 2.07 bits per heavy atom. The van der Waals surface area contributed by atoms with E-state index >= 15 is 0 Å². The predicted octanol–water partition coefficient (Wildman–Crippen LogP) is 3.32. The first-order valence-corrected chi connectivity index (χ1v) is 6.09. The van der Waals surface area contributed by atoms with Crippen LogP contribution in [0.15, 0.2) is 17.4 Å². The van der Waals surface area contributed by atoms with E-state index in [0.29, 0.717) is 17.0 Å². The van der Waals surface area contributed by atoms with E-state index in [9.17, 15) is 0 Å². The minimum absolute atomic E-state index is 0.395. The highest BCUT2D eigenvalue weighted by Gasteiger charge is 2.06. The molecular weight excluding hydrogens is 216 g/mol. The van der Waals surface area contributed by atoms with Gasteiger partial charge < -0.3 is 0 Å². The molecule has 0 amide bonds. The summed E-state index contributed by atoms with van der Waals surface area (Å²) in [6, 6.07) is 2.04. The van der Waals surface area contributed by atoms with E-state index in [2.05, 4.69) is 30.7 Å². The maximum atomic E-state index is 5.74. The van der Waals surface area contributed by atoms with Crippen molar-refractivity contribution in [3.8, 4) is 0 Å². The molecule has 0 saturated carbocycles.